The number of benzene rings is 2. The van der Waals surface area contributed by atoms with Gasteiger partial charge in [0, 0.05) is 29.4 Å². The molecule has 0 atom stereocenters. The lowest BCUT2D eigenvalue weighted by molar-refractivity contribution is -0.384. The summed E-state index contributed by atoms with van der Waals surface area (Å²) in [6.07, 6.45) is 0. The lowest BCUT2D eigenvalue weighted by Gasteiger charge is -2.09. The van der Waals surface area contributed by atoms with Crippen LogP contribution in [0.1, 0.15) is 11.1 Å². The van der Waals surface area contributed by atoms with Crippen LogP contribution < -0.4 is 5.32 Å². The third-order valence-electron chi connectivity index (χ3n) is 2.79. The zero-order chi connectivity index (χ0) is 13.8. The van der Waals surface area contributed by atoms with Crippen LogP contribution in [-0.4, -0.2) is 4.92 Å². The molecule has 0 aliphatic carbocycles. The van der Waals surface area contributed by atoms with Gasteiger partial charge in [0.15, 0.2) is 0 Å². The van der Waals surface area contributed by atoms with Crippen LogP contribution in [0.3, 0.4) is 0 Å². The smallest absolute Gasteiger partial charge is 0.269 e. The van der Waals surface area contributed by atoms with Gasteiger partial charge in [-0.25, -0.2) is 0 Å². The Morgan fingerprint density at radius 2 is 2.05 bits per heavy atom. The molecule has 0 spiro atoms. The van der Waals surface area contributed by atoms with Crippen LogP contribution in [0.2, 0.25) is 5.02 Å². The van der Waals surface area contributed by atoms with Crippen molar-refractivity contribution in [1.82, 2.24) is 0 Å². The number of nitrogens with zero attached hydrogens (tertiary/aromatic N) is 1. The van der Waals surface area contributed by atoms with E-state index in [9.17, 15) is 10.1 Å². The second kappa shape index (κ2) is 5.71. The minimum Gasteiger partial charge on any atom is -0.381 e. The van der Waals surface area contributed by atoms with E-state index in [1.807, 2.05) is 31.2 Å². The van der Waals surface area contributed by atoms with Crippen LogP contribution in [-0.2, 0) is 6.54 Å². The number of halogens is 1. The summed E-state index contributed by atoms with van der Waals surface area (Å²) < 4.78 is 0. The molecule has 0 amide bonds. The molecular formula is C14H13ClN2O2. The summed E-state index contributed by atoms with van der Waals surface area (Å²) in [7, 11) is 0. The maximum Gasteiger partial charge on any atom is 0.269 e. The summed E-state index contributed by atoms with van der Waals surface area (Å²) in [6, 6.07) is 12.3. The largest absolute Gasteiger partial charge is 0.381 e. The molecule has 2 aromatic carbocycles. The van der Waals surface area contributed by atoms with Crippen molar-refractivity contribution in [3.8, 4) is 0 Å². The van der Waals surface area contributed by atoms with Crippen molar-refractivity contribution in [3.63, 3.8) is 0 Å². The van der Waals surface area contributed by atoms with Crippen molar-refractivity contribution >= 4 is 23.0 Å². The maximum atomic E-state index is 10.7. The van der Waals surface area contributed by atoms with Gasteiger partial charge in [0.05, 0.1) is 4.92 Å². The molecule has 0 aliphatic heterocycles. The molecule has 2 rings (SSSR count). The van der Waals surface area contributed by atoms with Crippen LogP contribution in [0.4, 0.5) is 11.4 Å². The van der Waals surface area contributed by atoms with E-state index in [0.29, 0.717) is 11.6 Å². The summed E-state index contributed by atoms with van der Waals surface area (Å²) in [6.45, 7) is 2.46. The molecule has 0 bridgehead atoms. The monoisotopic (exact) mass is 276 g/mol. The lowest BCUT2D eigenvalue weighted by Crippen LogP contribution is -2.01. The SMILES string of the molecule is Cc1cc([N+](=O)[O-])ccc1NCc1cccc(Cl)c1. The molecule has 0 heterocycles. The number of nitrogens with one attached hydrogen (secondary N) is 1. The molecule has 0 radical (unpaired) electrons. The Labute approximate surface area is 116 Å². The molecule has 0 fully saturated rings. The molecular weight excluding hydrogens is 264 g/mol. The number of nitro groups is 1. The maximum absolute atomic E-state index is 10.7. The Bertz CT molecular complexity index is 614. The number of non-ortho nitro benzene ring substituents is 1. The van der Waals surface area contributed by atoms with E-state index < -0.39 is 4.92 Å². The number of rotatable bonds is 4. The van der Waals surface area contributed by atoms with Gasteiger partial charge in [0.1, 0.15) is 0 Å². The highest BCUT2D eigenvalue weighted by atomic mass is 35.5. The second-order valence-electron chi connectivity index (χ2n) is 4.24. The van der Waals surface area contributed by atoms with Gasteiger partial charge in [0.2, 0.25) is 0 Å². The minimum atomic E-state index is -0.395. The molecule has 4 nitrogen and oxygen atoms in total. The van der Waals surface area contributed by atoms with Gasteiger partial charge >= 0.3 is 0 Å². The zero-order valence-corrected chi connectivity index (χ0v) is 11.1. The van der Waals surface area contributed by atoms with Crippen molar-refractivity contribution < 1.29 is 4.92 Å². The number of hydrogen-bond donors (Lipinski definition) is 1. The van der Waals surface area contributed by atoms with E-state index in [1.54, 1.807) is 12.1 Å². The van der Waals surface area contributed by atoms with Crippen molar-refractivity contribution in [2.75, 3.05) is 5.32 Å². The number of nitro benzene ring substituents is 1. The van der Waals surface area contributed by atoms with Crippen molar-refractivity contribution in [3.05, 3.63) is 68.7 Å². The standard InChI is InChI=1S/C14H13ClN2O2/c1-10-7-13(17(18)19)5-6-14(10)16-9-11-3-2-4-12(15)8-11/h2-8,16H,9H2,1H3. The van der Waals surface area contributed by atoms with Gasteiger partial charge in [-0.05, 0) is 36.2 Å². The molecule has 2 aromatic rings. The Balaban J connectivity index is 2.10. The molecule has 98 valence electrons. The number of aryl methyl sites for hydroxylation is 1. The summed E-state index contributed by atoms with van der Waals surface area (Å²) in [4.78, 5) is 10.3. The lowest BCUT2D eigenvalue weighted by atomic mass is 10.1. The van der Waals surface area contributed by atoms with Gasteiger partial charge in [0.25, 0.3) is 5.69 Å². The van der Waals surface area contributed by atoms with E-state index in [2.05, 4.69) is 5.32 Å². The van der Waals surface area contributed by atoms with Gasteiger partial charge in [-0.3, -0.25) is 10.1 Å². The zero-order valence-electron chi connectivity index (χ0n) is 10.4. The first-order chi connectivity index (χ1) is 9.06. The highest BCUT2D eigenvalue weighted by Crippen LogP contribution is 2.22. The first kappa shape index (κ1) is 13.4. The fourth-order valence-electron chi connectivity index (χ4n) is 1.80. The summed E-state index contributed by atoms with van der Waals surface area (Å²) >= 11 is 5.91. The third kappa shape index (κ3) is 3.45. The third-order valence-corrected chi connectivity index (χ3v) is 3.03. The summed E-state index contributed by atoms with van der Waals surface area (Å²) in [5, 5.41) is 14.6. The first-order valence-corrected chi connectivity index (χ1v) is 6.17. The molecule has 19 heavy (non-hydrogen) atoms. The fraction of sp³-hybridized carbons (Fsp3) is 0.143. The number of anilines is 1. The highest BCUT2D eigenvalue weighted by molar-refractivity contribution is 6.30. The quantitative estimate of drug-likeness (QED) is 0.673. The molecule has 5 heteroatoms. The molecule has 1 N–H and O–H groups in total. The van der Waals surface area contributed by atoms with E-state index in [0.717, 1.165) is 16.8 Å². The first-order valence-electron chi connectivity index (χ1n) is 5.79. The molecule has 0 saturated heterocycles. The molecule has 0 aromatic heterocycles. The predicted molar refractivity (Wildman–Crippen MR) is 76.6 cm³/mol. The van der Waals surface area contributed by atoms with Gasteiger partial charge in [-0.1, -0.05) is 23.7 Å². The van der Waals surface area contributed by atoms with E-state index >= 15 is 0 Å². The predicted octanol–water partition coefficient (Wildman–Crippen LogP) is 4.17. The Kier molecular flexibility index (Phi) is 4.02. The van der Waals surface area contributed by atoms with Gasteiger partial charge in [-0.15, -0.1) is 0 Å². The van der Waals surface area contributed by atoms with E-state index in [-0.39, 0.29) is 5.69 Å². The minimum absolute atomic E-state index is 0.103. The molecule has 0 aliphatic rings. The average Bonchev–Trinajstić information content (AvgIpc) is 2.37. The van der Waals surface area contributed by atoms with Crippen molar-refractivity contribution in [2.24, 2.45) is 0 Å². The van der Waals surface area contributed by atoms with Gasteiger partial charge in [-0.2, -0.15) is 0 Å². The van der Waals surface area contributed by atoms with Crippen LogP contribution in [0.15, 0.2) is 42.5 Å². The Morgan fingerprint density at radius 1 is 1.26 bits per heavy atom. The van der Waals surface area contributed by atoms with Crippen LogP contribution >= 0.6 is 11.6 Å². The van der Waals surface area contributed by atoms with Crippen LogP contribution in [0, 0.1) is 17.0 Å². The van der Waals surface area contributed by atoms with E-state index in [4.69, 9.17) is 11.6 Å². The molecule has 0 unspecified atom stereocenters. The fourth-order valence-corrected chi connectivity index (χ4v) is 2.02. The normalized spacial score (nSPS) is 10.2. The van der Waals surface area contributed by atoms with Gasteiger partial charge < -0.3 is 5.32 Å². The van der Waals surface area contributed by atoms with Crippen LogP contribution in [0.25, 0.3) is 0 Å². The van der Waals surface area contributed by atoms with Crippen molar-refractivity contribution in [1.29, 1.82) is 0 Å². The van der Waals surface area contributed by atoms with Crippen molar-refractivity contribution in [2.45, 2.75) is 13.5 Å². The highest BCUT2D eigenvalue weighted by Gasteiger charge is 2.07. The number of hydrogen-bond acceptors (Lipinski definition) is 3. The van der Waals surface area contributed by atoms with Crippen LogP contribution in [0.5, 0.6) is 0 Å². The van der Waals surface area contributed by atoms with E-state index in [1.165, 1.54) is 6.07 Å². The summed E-state index contributed by atoms with van der Waals surface area (Å²) in [5.74, 6) is 0. The molecule has 0 saturated carbocycles. The summed E-state index contributed by atoms with van der Waals surface area (Å²) in [5.41, 5.74) is 2.89. The topological polar surface area (TPSA) is 55.2 Å². The second-order valence-corrected chi connectivity index (χ2v) is 4.68. The average molecular weight is 277 g/mol. The Hall–Kier alpha value is -2.07. The Morgan fingerprint density at radius 3 is 2.68 bits per heavy atom.